The van der Waals surface area contributed by atoms with Gasteiger partial charge in [0.25, 0.3) is 5.91 Å². The molecule has 0 atom stereocenters. The second-order valence-corrected chi connectivity index (χ2v) is 8.72. The van der Waals surface area contributed by atoms with E-state index in [1.807, 2.05) is 30.3 Å². The van der Waals surface area contributed by atoms with Gasteiger partial charge in [0.15, 0.2) is 11.0 Å². The van der Waals surface area contributed by atoms with Crippen LogP contribution in [0.3, 0.4) is 0 Å². The number of nitrogens with one attached hydrogen (secondary N) is 1. The number of hydrogen-bond donors (Lipinski definition) is 1. The number of benzene rings is 2. The molecule has 0 saturated carbocycles. The predicted molar refractivity (Wildman–Crippen MR) is 119 cm³/mol. The lowest BCUT2D eigenvalue weighted by molar-refractivity contribution is 0.102. The number of anilines is 1. The number of amides is 1. The zero-order valence-electron chi connectivity index (χ0n) is 16.5. The van der Waals surface area contributed by atoms with E-state index in [1.165, 1.54) is 23.1 Å². The van der Waals surface area contributed by atoms with Crippen molar-refractivity contribution >= 4 is 34.1 Å². The van der Waals surface area contributed by atoms with E-state index < -0.39 is 0 Å². The summed E-state index contributed by atoms with van der Waals surface area (Å²) in [5, 5.41) is 16.1. The van der Waals surface area contributed by atoms with E-state index in [2.05, 4.69) is 26.5 Å². The third-order valence-corrected chi connectivity index (χ3v) is 6.26. The van der Waals surface area contributed by atoms with Gasteiger partial charge in [0.1, 0.15) is 0 Å². The fourth-order valence-electron chi connectivity index (χ4n) is 2.83. The summed E-state index contributed by atoms with van der Waals surface area (Å²) < 4.78 is 5.14. The Kier molecular flexibility index (Phi) is 6.40. The summed E-state index contributed by atoms with van der Waals surface area (Å²) >= 11 is 2.90. The number of carbonyl (C=O) groups excluding carboxylic acids is 1. The van der Waals surface area contributed by atoms with Crippen molar-refractivity contribution in [3.8, 4) is 6.07 Å². The molecule has 0 aliphatic rings. The van der Waals surface area contributed by atoms with Crippen molar-refractivity contribution in [3.05, 3.63) is 88.0 Å². The van der Waals surface area contributed by atoms with Crippen molar-refractivity contribution in [2.24, 2.45) is 0 Å². The Bertz CT molecular complexity index is 1240. The van der Waals surface area contributed by atoms with Gasteiger partial charge in [0, 0.05) is 22.4 Å². The van der Waals surface area contributed by atoms with Gasteiger partial charge in [0.05, 0.1) is 22.9 Å². The summed E-state index contributed by atoms with van der Waals surface area (Å²) in [5.41, 5.74) is 2.28. The Balaban J connectivity index is 1.41. The minimum absolute atomic E-state index is 0.218. The van der Waals surface area contributed by atoms with Crippen LogP contribution in [-0.4, -0.2) is 21.0 Å². The maximum absolute atomic E-state index is 12.8. The molecule has 7 nitrogen and oxygen atoms in total. The molecule has 0 saturated heterocycles. The summed E-state index contributed by atoms with van der Waals surface area (Å²) in [6.07, 6.45) is 2.45. The van der Waals surface area contributed by atoms with E-state index in [9.17, 15) is 4.79 Å². The Labute approximate surface area is 187 Å². The summed E-state index contributed by atoms with van der Waals surface area (Å²) in [6.45, 7) is 1.77. The maximum atomic E-state index is 12.8. The second kappa shape index (κ2) is 9.55. The molecule has 0 bridgehead atoms. The van der Waals surface area contributed by atoms with Crippen molar-refractivity contribution in [2.45, 2.75) is 24.0 Å². The number of thiazole rings is 1. The molecule has 4 aromatic rings. The first kappa shape index (κ1) is 20.8. The van der Waals surface area contributed by atoms with Crippen LogP contribution in [0.5, 0.6) is 0 Å². The fourth-order valence-corrected chi connectivity index (χ4v) is 4.56. The molecule has 1 N–H and O–H groups in total. The van der Waals surface area contributed by atoms with Crippen molar-refractivity contribution in [1.29, 1.82) is 5.26 Å². The van der Waals surface area contributed by atoms with Crippen molar-refractivity contribution < 1.29 is 9.32 Å². The number of carbonyl (C=O) groups is 1. The van der Waals surface area contributed by atoms with Gasteiger partial charge in [0.2, 0.25) is 5.89 Å². The van der Waals surface area contributed by atoms with Crippen molar-refractivity contribution in [1.82, 2.24) is 15.1 Å². The highest BCUT2D eigenvalue weighted by molar-refractivity contribution is 7.98. The third kappa shape index (κ3) is 5.36. The average molecular weight is 448 g/mol. The molecular weight excluding hydrogens is 430 g/mol. The standard InChI is InChI=1S/C22H17N5O2S2/c1-14-25-20(29-27-14)13-30-19-5-3-2-4-18(19)21(28)26-22-24-12-17(31-22)10-15-6-8-16(11-23)9-7-15/h2-9,12H,10,13H2,1H3,(H,24,26,28). The maximum Gasteiger partial charge on any atom is 0.258 e. The molecule has 0 aliphatic heterocycles. The first-order valence-electron chi connectivity index (χ1n) is 9.37. The predicted octanol–water partition coefficient (Wildman–Crippen LogP) is 4.84. The highest BCUT2D eigenvalue weighted by atomic mass is 32.2. The molecule has 0 radical (unpaired) electrons. The molecule has 2 heterocycles. The van der Waals surface area contributed by atoms with E-state index in [1.54, 1.807) is 31.3 Å². The summed E-state index contributed by atoms with van der Waals surface area (Å²) in [5.74, 6) is 1.37. The van der Waals surface area contributed by atoms with Crippen LogP contribution in [0.25, 0.3) is 0 Å². The summed E-state index contributed by atoms with van der Waals surface area (Å²) in [7, 11) is 0. The lowest BCUT2D eigenvalue weighted by Gasteiger charge is -2.07. The van der Waals surface area contributed by atoms with Crippen LogP contribution in [0.15, 0.2) is 64.1 Å². The van der Waals surface area contributed by atoms with E-state index in [0.29, 0.717) is 40.1 Å². The number of nitrogens with zero attached hydrogens (tertiary/aromatic N) is 4. The Morgan fingerprint density at radius 1 is 1.23 bits per heavy atom. The van der Waals surface area contributed by atoms with Crippen LogP contribution in [0.2, 0.25) is 0 Å². The van der Waals surface area contributed by atoms with Gasteiger partial charge in [-0.25, -0.2) is 4.98 Å². The van der Waals surface area contributed by atoms with Crippen LogP contribution in [-0.2, 0) is 12.2 Å². The van der Waals surface area contributed by atoms with E-state index >= 15 is 0 Å². The fraction of sp³-hybridized carbons (Fsp3) is 0.136. The summed E-state index contributed by atoms with van der Waals surface area (Å²) in [6, 6.07) is 16.9. The zero-order valence-corrected chi connectivity index (χ0v) is 18.2. The quantitative estimate of drug-likeness (QED) is 0.404. The lowest BCUT2D eigenvalue weighted by atomic mass is 10.1. The normalized spacial score (nSPS) is 10.6. The van der Waals surface area contributed by atoms with Crippen LogP contribution in [0.4, 0.5) is 5.13 Å². The molecule has 2 aromatic carbocycles. The first-order chi connectivity index (χ1) is 15.1. The SMILES string of the molecule is Cc1noc(CSc2ccccc2C(=O)Nc2ncc(Cc3ccc(C#N)cc3)s2)n1. The monoisotopic (exact) mass is 447 g/mol. The number of rotatable bonds is 7. The van der Waals surface area contributed by atoms with Crippen molar-refractivity contribution in [3.63, 3.8) is 0 Å². The van der Waals surface area contributed by atoms with Crippen LogP contribution in [0.1, 0.15) is 38.1 Å². The molecule has 0 fully saturated rings. The van der Waals surface area contributed by atoms with Crippen LogP contribution < -0.4 is 5.32 Å². The molecule has 154 valence electrons. The van der Waals surface area contributed by atoms with Gasteiger partial charge in [-0.3, -0.25) is 10.1 Å². The van der Waals surface area contributed by atoms with Gasteiger partial charge in [-0.1, -0.05) is 29.4 Å². The molecule has 1 amide bonds. The van der Waals surface area contributed by atoms with Gasteiger partial charge in [-0.05, 0) is 36.8 Å². The van der Waals surface area contributed by atoms with E-state index in [0.717, 1.165) is 15.3 Å². The molecule has 2 aromatic heterocycles. The Hall–Kier alpha value is -3.48. The Morgan fingerprint density at radius 3 is 2.77 bits per heavy atom. The second-order valence-electron chi connectivity index (χ2n) is 6.59. The smallest absolute Gasteiger partial charge is 0.258 e. The molecule has 4 rings (SSSR count). The average Bonchev–Trinajstić information content (AvgIpc) is 3.41. The number of nitriles is 1. The van der Waals surface area contributed by atoms with Crippen LogP contribution >= 0.6 is 23.1 Å². The molecular formula is C22H17N5O2S2. The molecule has 0 aliphatic carbocycles. The summed E-state index contributed by atoms with van der Waals surface area (Å²) in [4.78, 5) is 23.2. The van der Waals surface area contributed by atoms with E-state index in [-0.39, 0.29) is 5.91 Å². The van der Waals surface area contributed by atoms with Gasteiger partial charge >= 0.3 is 0 Å². The lowest BCUT2D eigenvalue weighted by Crippen LogP contribution is -2.12. The zero-order chi connectivity index (χ0) is 21.6. The number of aryl methyl sites for hydroxylation is 1. The molecule has 9 heteroatoms. The number of aromatic nitrogens is 3. The first-order valence-corrected chi connectivity index (χ1v) is 11.2. The Morgan fingerprint density at radius 2 is 2.03 bits per heavy atom. The van der Waals surface area contributed by atoms with Gasteiger partial charge in [-0.15, -0.1) is 23.1 Å². The van der Waals surface area contributed by atoms with Gasteiger partial charge in [-0.2, -0.15) is 10.2 Å². The van der Waals surface area contributed by atoms with Gasteiger partial charge < -0.3 is 4.52 Å². The van der Waals surface area contributed by atoms with Crippen molar-refractivity contribution in [2.75, 3.05) is 5.32 Å². The minimum atomic E-state index is -0.218. The minimum Gasteiger partial charge on any atom is -0.338 e. The molecule has 0 spiro atoms. The topological polar surface area (TPSA) is 105 Å². The van der Waals surface area contributed by atoms with Crippen LogP contribution in [0, 0.1) is 18.3 Å². The third-order valence-electron chi connectivity index (χ3n) is 4.29. The number of hydrogen-bond acceptors (Lipinski definition) is 8. The highest BCUT2D eigenvalue weighted by Gasteiger charge is 2.15. The largest absolute Gasteiger partial charge is 0.338 e. The van der Waals surface area contributed by atoms with E-state index in [4.69, 9.17) is 9.78 Å². The number of thioether (sulfide) groups is 1. The highest BCUT2D eigenvalue weighted by Crippen LogP contribution is 2.27. The molecule has 31 heavy (non-hydrogen) atoms. The molecule has 0 unspecified atom stereocenters.